The summed E-state index contributed by atoms with van der Waals surface area (Å²) < 4.78 is 92.9. The van der Waals surface area contributed by atoms with Crippen molar-refractivity contribution in [1.29, 1.82) is 0 Å². The van der Waals surface area contributed by atoms with Gasteiger partial charge in [-0.25, -0.2) is 9.38 Å². The standard InChI is InChI=1S/C22H20ClF7N2O/c1-11(2)31-19(33)15-7-5-6-14(10-15)18(23)32-17-12(3)8-16(9-13(17)4)20(24,21(25,26)27)22(28,29)30/h5-11H,1-4H3,(H,31,33). The number of hydrogen-bond acceptors (Lipinski definition) is 2. The van der Waals surface area contributed by atoms with Gasteiger partial charge in [0.2, 0.25) is 0 Å². The van der Waals surface area contributed by atoms with Crippen LogP contribution in [0.1, 0.15) is 46.5 Å². The first-order valence-corrected chi connectivity index (χ1v) is 9.96. The van der Waals surface area contributed by atoms with Gasteiger partial charge in [0.25, 0.3) is 5.91 Å². The lowest BCUT2D eigenvalue weighted by molar-refractivity contribution is -0.348. The Morgan fingerprint density at radius 2 is 1.39 bits per heavy atom. The summed E-state index contributed by atoms with van der Waals surface area (Å²) in [4.78, 5) is 16.3. The largest absolute Gasteiger partial charge is 0.435 e. The van der Waals surface area contributed by atoms with E-state index in [1.807, 2.05) is 0 Å². The van der Waals surface area contributed by atoms with Gasteiger partial charge in [0, 0.05) is 22.7 Å². The quantitative estimate of drug-likeness (QED) is 0.350. The second-order valence-electron chi connectivity index (χ2n) is 7.72. The number of carbonyl (C=O) groups excluding carboxylic acids is 1. The average Bonchev–Trinajstić information content (AvgIpc) is 2.67. The summed E-state index contributed by atoms with van der Waals surface area (Å²) in [6.07, 6.45) is -12.4. The molecule has 1 N–H and O–H groups in total. The van der Waals surface area contributed by atoms with Gasteiger partial charge in [-0.15, -0.1) is 0 Å². The summed E-state index contributed by atoms with van der Waals surface area (Å²) in [7, 11) is 0. The third-order valence-corrected chi connectivity index (χ3v) is 4.97. The Labute approximate surface area is 190 Å². The second-order valence-corrected chi connectivity index (χ2v) is 8.08. The van der Waals surface area contributed by atoms with Gasteiger partial charge in [-0.1, -0.05) is 35.9 Å². The van der Waals surface area contributed by atoms with Gasteiger partial charge in [-0.05, 0) is 51.0 Å². The first-order valence-electron chi connectivity index (χ1n) is 9.58. The van der Waals surface area contributed by atoms with E-state index in [1.165, 1.54) is 38.1 Å². The zero-order valence-electron chi connectivity index (χ0n) is 17.9. The molecule has 2 aromatic rings. The number of carbonyl (C=O) groups is 1. The van der Waals surface area contributed by atoms with Crippen molar-refractivity contribution in [2.75, 3.05) is 0 Å². The van der Waals surface area contributed by atoms with E-state index in [-0.39, 0.29) is 39.5 Å². The van der Waals surface area contributed by atoms with E-state index >= 15 is 0 Å². The Hall–Kier alpha value is -2.62. The molecule has 2 aromatic carbocycles. The minimum Gasteiger partial charge on any atom is -0.350 e. The molecule has 0 aromatic heterocycles. The highest BCUT2D eigenvalue weighted by Gasteiger charge is 2.73. The van der Waals surface area contributed by atoms with E-state index in [2.05, 4.69) is 10.3 Å². The fourth-order valence-corrected chi connectivity index (χ4v) is 3.32. The van der Waals surface area contributed by atoms with Crippen LogP contribution >= 0.6 is 11.6 Å². The van der Waals surface area contributed by atoms with E-state index < -0.39 is 23.6 Å². The zero-order valence-corrected chi connectivity index (χ0v) is 18.7. The van der Waals surface area contributed by atoms with Crippen LogP contribution in [0.2, 0.25) is 0 Å². The Morgan fingerprint density at radius 3 is 1.85 bits per heavy atom. The molecule has 11 heteroatoms. The topological polar surface area (TPSA) is 41.5 Å². The third-order valence-electron chi connectivity index (χ3n) is 4.66. The lowest BCUT2D eigenvalue weighted by Gasteiger charge is -2.31. The van der Waals surface area contributed by atoms with Gasteiger partial charge >= 0.3 is 18.0 Å². The van der Waals surface area contributed by atoms with Crippen LogP contribution in [0, 0.1) is 13.8 Å². The molecule has 0 aliphatic heterocycles. The fourth-order valence-electron chi connectivity index (χ4n) is 3.12. The van der Waals surface area contributed by atoms with Crippen LogP contribution in [0.25, 0.3) is 0 Å². The molecule has 0 aliphatic carbocycles. The molecule has 3 nitrogen and oxygen atoms in total. The molecular formula is C22H20ClF7N2O. The highest BCUT2D eigenvalue weighted by Crippen LogP contribution is 2.54. The predicted molar refractivity (Wildman–Crippen MR) is 112 cm³/mol. The number of hydrogen-bond donors (Lipinski definition) is 1. The van der Waals surface area contributed by atoms with Gasteiger partial charge in [-0.3, -0.25) is 4.79 Å². The van der Waals surface area contributed by atoms with Gasteiger partial charge < -0.3 is 5.32 Å². The minimum atomic E-state index is -6.22. The van der Waals surface area contributed by atoms with Crippen molar-refractivity contribution in [1.82, 2.24) is 5.32 Å². The van der Waals surface area contributed by atoms with E-state index in [0.29, 0.717) is 17.7 Å². The molecule has 0 aliphatic rings. The molecule has 0 heterocycles. The molecule has 0 saturated heterocycles. The van der Waals surface area contributed by atoms with Gasteiger partial charge in [-0.2, -0.15) is 26.3 Å². The molecule has 0 fully saturated rings. The van der Waals surface area contributed by atoms with Crippen molar-refractivity contribution in [3.05, 3.63) is 64.2 Å². The monoisotopic (exact) mass is 496 g/mol. The number of aryl methyl sites for hydroxylation is 2. The number of benzene rings is 2. The van der Waals surface area contributed by atoms with E-state index in [0.717, 1.165) is 0 Å². The first-order chi connectivity index (χ1) is 15.0. The maximum Gasteiger partial charge on any atom is 0.435 e. The molecule has 0 saturated carbocycles. The third kappa shape index (κ3) is 5.48. The fraction of sp³-hybridized carbons (Fsp3) is 0.364. The van der Waals surface area contributed by atoms with E-state index in [1.54, 1.807) is 13.8 Å². The lowest BCUT2D eigenvalue weighted by Crippen LogP contribution is -2.50. The number of nitrogens with zero attached hydrogens (tertiary/aromatic N) is 1. The second kappa shape index (κ2) is 9.32. The van der Waals surface area contributed by atoms with Crippen LogP contribution in [-0.2, 0) is 5.67 Å². The van der Waals surface area contributed by atoms with Gasteiger partial charge in [0.05, 0.1) is 5.69 Å². The normalized spacial score (nSPS) is 13.4. The minimum absolute atomic E-state index is 0.0208. The maximum atomic E-state index is 14.4. The summed E-state index contributed by atoms with van der Waals surface area (Å²) in [6, 6.07) is 6.80. The van der Waals surface area contributed by atoms with Crippen LogP contribution in [0.5, 0.6) is 0 Å². The summed E-state index contributed by atoms with van der Waals surface area (Å²) in [6.45, 7) is 5.93. The smallest absolute Gasteiger partial charge is 0.350 e. The molecule has 2 rings (SSSR count). The van der Waals surface area contributed by atoms with Crippen LogP contribution in [-0.4, -0.2) is 29.5 Å². The zero-order chi connectivity index (χ0) is 25.4. The van der Waals surface area contributed by atoms with Gasteiger partial charge in [0.1, 0.15) is 5.17 Å². The first kappa shape index (κ1) is 26.6. The van der Waals surface area contributed by atoms with Crippen molar-refractivity contribution in [3.63, 3.8) is 0 Å². The molecule has 0 atom stereocenters. The molecule has 0 radical (unpaired) electrons. The number of alkyl halides is 7. The Balaban J connectivity index is 2.53. The maximum absolute atomic E-state index is 14.4. The lowest BCUT2D eigenvalue weighted by atomic mass is 9.90. The van der Waals surface area contributed by atoms with E-state index in [4.69, 9.17) is 11.6 Å². The van der Waals surface area contributed by atoms with Crippen molar-refractivity contribution in [2.24, 2.45) is 4.99 Å². The SMILES string of the molecule is Cc1cc(C(F)(C(F)(F)F)C(F)(F)F)cc(C)c1N=C(Cl)c1cccc(C(=O)NC(C)C)c1. The van der Waals surface area contributed by atoms with Crippen LogP contribution in [0.15, 0.2) is 41.4 Å². The predicted octanol–water partition coefficient (Wildman–Crippen LogP) is 7.05. The number of rotatable bonds is 5. The Kier molecular flexibility index (Phi) is 7.52. The Bertz CT molecular complexity index is 1040. The average molecular weight is 497 g/mol. The van der Waals surface area contributed by atoms with Crippen LogP contribution in [0.3, 0.4) is 0 Å². The van der Waals surface area contributed by atoms with Crippen molar-refractivity contribution >= 4 is 28.4 Å². The van der Waals surface area contributed by atoms with Crippen molar-refractivity contribution < 1.29 is 35.5 Å². The highest BCUT2D eigenvalue weighted by atomic mass is 35.5. The molecule has 33 heavy (non-hydrogen) atoms. The molecule has 0 unspecified atom stereocenters. The van der Waals surface area contributed by atoms with Crippen molar-refractivity contribution in [3.8, 4) is 0 Å². The highest BCUT2D eigenvalue weighted by molar-refractivity contribution is 6.69. The van der Waals surface area contributed by atoms with Crippen LogP contribution in [0.4, 0.5) is 36.4 Å². The Morgan fingerprint density at radius 1 is 0.909 bits per heavy atom. The molecule has 1 amide bonds. The summed E-state index contributed by atoms with van der Waals surface area (Å²) in [5.41, 5.74) is -6.89. The number of aliphatic imine (C=N–C) groups is 1. The number of nitrogens with one attached hydrogen (secondary N) is 1. The molecule has 0 bridgehead atoms. The molecule has 180 valence electrons. The van der Waals surface area contributed by atoms with Crippen molar-refractivity contribution in [2.45, 2.75) is 51.8 Å². The summed E-state index contributed by atoms with van der Waals surface area (Å²) in [5.74, 6) is -0.369. The molecular weight excluding hydrogens is 477 g/mol. The van der Waals surface area contributed by atoms with Gasteiger partial charge in [0.15, 0.2) is 0 Å². The molecule has 0 spiro atoms. The van der Waals surface area contributed by atoms with Crippen LogP contribution < -0.4 is 5.32 Å². The summed E-state index contributed by atoms with van der Waals surface area (Å²) >= 11 is 6.23. The van der Waals surface area contributed by atoms with E-state index in [9.17, 15) is 35.5 Å². The number of amides is 1. The number of halogens is 8. The summed E-state index contributed by atoms with van der Waals surface area (Å²) in [5, 5.41) is 2.54.